The van der Waals surface area contributed by atoms with Crippen molar-refractivity contribution < 1.29 is 37.2 Å². The van der Waals surface area contributed by atoms with Crippen molar-refractivity contribution >= 4 is 28.0 Å². The summed E-state index contributed by atoms with van der Waals surface area (Å²) in [4.78, 5) is 25.9. The highest BCUT2D eigenvalue weighted by Crippen LogP contribution is 2.54. The van der Waals surface area contributed by atoms with Gasteiger partial charge in [-0.25, -0.2) is 29.9 Å². The predicted octanol–water partition coefficient (Wildman–Crippen LogP) is 8.68. The molecule has 0 unspecified atom stereocenters. The van der Waals surface area contributed by atoms with Crippen LogP contribution in [0, 0.1) is 29.2 Å². The number of fused-ring (bicyclic) bond motifs is 8. The van der Waals surface area contributed by atoms with Crippen molar-refractivity contribution in [1.29, 1.82) is 0 Å². The van der Waals surface area contributed by atoms with Crippen LogP contribution in [-0.2, 0) is 30.0 Å². The molecular weight excluding hydrogens is 926 g/mol. The monoisotopic (exact) mass is 968 g/mol. The first-order valence-electron chi connectivity index (χ1n) is 21.7. The first-order chi connectivity index (χ1) is 32.5. The second kappa shape index (κ2) is 18.0. The van der Waals surface area contributed by atoms with Gasteiger partial charge in [-0.2, -0.15) is 8.78 Å². The number of ether oxygens (including phenoxy) is 6. The van der Waals surface area contributed by atoms with Gasteiger partial charge in [-0.15, -0.1) is 0 Å². The normalized spacial score (nSPS) is 21.0. The molecule has 67 heavy (non-hydrogen) atoms. The Morgan fingerprint density at radius 3 is 1.64 bits per heavy atom. The van der Waals surface area contributed by atoms with Crippen molar-refractivity contribution in [3.05, 3.63) is 142 Å². The molecule has 6 aliphatic rings. The fourth-order valence-corrected chi connectivity index (χ4v) is 9.11. The average Bonchev–Trinajstić information content (AvgIpc) is 3.93. The van der Waals surface area contributed by atoms with Gasteiger partial charge in [0, 0.05) is 94.3 Å². The first-order valence-corrected chi connectivity index (χ1v) is 22.5. The van der Waals surface area contributed by atoms with Gasteiger partial charge in [-0.3, -0.25) is 0 Å². The molecular formula is C50H43BrF2N8O6. The van der Waals surface area contributed by atoms with Gasteiger partial charge in [0.05, 0.1) is 31.8 Å². The van der Waals surface area contributed by atoms with Crippen molar-refractivity contribution in [1.82, 2.24) is 19.9 Å². The minimum atomic E-state index is -0.895. The van der Waals surface area contributed by atoms with E-state index < -0.39 is 23.0 Å². The van der Waals surface area contributed by atoms with E-state index in [0.717, 1.165) is 45.5 Å². The van der Waals surface area contributed by atoms with Crippen LogP contribution in [0.1, 0.15) is 60.4 Å². The lowest BCUT2D eigenvalue weighted by atomic mass is 9.77. The Bertz CT molecular complexity index is 3020. The molecule has 2 aromatic carbocycles. The predicted molar refractivity (Wildman–Crippen MR) is 247 cm³/mol. The number of aliphatic imine (C=N–C) groups is 2. The minimum absolute atomic E-state index is 0.0821. The van der Waals surface area contributed by atoms with E-state index in [1.54, 1.807) is 60.9 Å². The van der Waals surface area contributed by atoms with Crippen molar-refractivity contribution in [3.8, 4) is 57.4 Å². The molecule has 0 radical (unpaired) electrons. The number of aromatic nitrogens is 4. The van der Waals surface area contributed by atoms with Crippen molar-refractivity contribution in [2.45, 2.75) is 43.7 Å². The number of nitrogens with two attached hydrogens (primary N) is 2. The molecule has 0 bridgehead atoms. The summed E-state index contributed by atoms with van der Waals surface area (Å²) in [5.74, 6) is 7.53. The summed E-state index contributed by atoms with van der Waals surface area (Å²) >= 11 is 3.47. The van der Waals surface area contributed by atoms with Crippen LogP contribution in [0.4, 0.5) is 8.78 Å². The van der Waals surface area contributed by atoms with Gasteiger partial charge in [-0.1, -0.05) is 24.0 Å². The van der Waals surface area contributed by atoms with Gasteiger partial charge in [-0.05, 0) is 107 Å². The Hall–Kier alpha value is -7.00. The van der Waals surface area contributed by atoms with E-state index in [0.29, 0.717) is 84.8 Å². The third-order valence-electron chi connectivity index (χ3n) is 12.2. The molecule has 4 N–H and O–H groups in total. The summed E-state index contributed by atoms with van der Waals surface area (Å²) in [6.45, 7) is 6.06. The zero-order chi connectivity index (χ0) is 46.2. The number of pyridine rings is 4. The molecule has 2 atom stereocenters. The molecule has 0 aliphatic carbocycles. The molecule has 6 aliphatic heterocycles. The summed E-state index contributed by atoms with van der Waals surface area (Å²) < 4.78 is 62.8. The number of rotatable bonds is 2. The Morgan fingerprint density at radius 2 is 1.16 bits per heavy atom. The topological polar surface area (TPSA) is 184 Å². The highest BCUT2D eigenvalue weighted by molar-refractivity contribution is 9.10. The first kappa shape index (κ1) is 43.9. The fourth-order valence-electron chi connectivity index (χ4n) is 8.78. The van der Waals surface area contributed by atoms with E-state index in [2.05, 4.69) is 59.6 Å². The molecule has 12 rings (SSSR count). The van der Waals surface area contributed by atoms with Gasteiger partial charge in [0.25, 0.3) is 12.0 Å². The number of halogens is 3. The van der Waals surface area contributed by atoms with Crippen LogP contribution in [0.5, 0.6) is 23.3 Å². The SMILES string of the molecule is C1CCOC1.CC1(C#Cc2cnc3c(c2)[C@]2(CCOC(N)=N2)c2cc(-c4cccnc4F)ccc2O3)COC1.NC1=N[C@@]2(CCO1)c1cc(-c3cccnc3F)ccc1Oc1ncc(Br)cc12. The number of hydrogen-bond acceptors (Lipinski definition) is 14. The van der Waals surface area contributed by atoms with E-state index in [9.17, 15) is 8.78 Å². The van der Waals surface area contributed by atoms with Crippen LogP contribution in [-0.4, -0.2) is 71.6 Å². The van der Waals surface area contributed by atoms with Gasteiger partial charge in [0.1, 0.15) is 22.6 Å². The van der Waals surface area contributed by atoms with Crippen LogP contribution < -0.4 is 20.9 Å². The number of nitrogens with zero attached hydrogens (tertiary/aromatic N) is 6. The molecule has 2 saturated heterocycles. The Balaban J connectivity index is 0.000000144. The molecule has 2 fully saturated rings. The van der Waals surface area contributed by atoms with Gasteiger partial charge in [0.15, 0.2) is 0 Å². The number of benzene rings is 2. The Labute approximate surface area is 392 Å². The Morgan fingerprint density at radius 1 is 0.627 bits per heavy atom. The smallest absolute Gasteiger partial charge is 0.283 e. The number of amidine groups is 2. The summed E-state index contributed by atoms with van der Waals surface area (Å²) in [5.41, 5.74) is 16.1. The molecule has 10 heterocycles. The zero-order valence-corrected chi connectivity index (χ0v) is 37.8. The van der Waals surface area contributed by atoms with Crippen LogP contribution in [0.15, 0.2) is 112 Å². The summed E-state index contributed by atoms with van der Waals surface area (Å²) in [6, 6.07) is 21.8. The second-order valence-corrected chi connectivity index (χ2v) is 17.7. The second-order valence-electron chi connectivity index (χ2n) is 16.8. The van der Waals surface area contributed by atoms with Crippen molar-refractivity contribution in [2.24, 2.45) is 26.9 Å². The third kappa shape index (κ3) is 8.52. The maximum Gasteiger partial charge on any atom is 0.283 e. The highest BCUT2D eigenvalue weighted by Gasteiger charge is 2.47. The van der Waals surface area contributed by atoms with Gasteiger partial charge in [0.2, 0.25) is 23.7 Å². The van der Waals surface area contributed by atoms with Gasteiger partial charge < -0.3 is 39.9 Å². The van der Waals surface area contributed by atoms with E-state index in [-0.39, 0.29) is 17.5 Å². The van der Waals surface area contributed by atoms with E-state index >= 15 is 0 Å². The average molecular weight is 970 g/mol. The van der Waals surface area contributed by atoms with Crippen LogP contribution in [0.25, 0.3) is 22.3 Å². The Kier molecular flexibility index (Phi) is 11.8. The van der Waals surface area contributed by atoms with Crippen LogP contribution >= 0.6 is 15.9 Å². The maximum absolute atomic E-state index is 14.5. The lowest BCUT2D eigenvalue weighted by molar-refractivity contribution is -0.0648. The third-order valence-corrected chi connectivity index (χ3v) is 12.6. The molecule has 2 spiro atoms. The van der Waals surface area contributed by atoms with E-state index in [1.165, 1.54) is 25.2 Å². The van der Waals surface area contributed by atoms with E-state index in [1.807, 2.05) is 24.3 Å². The van der Waals surface area contributed by atoms with Crippen LogP contribution in [0.3, 0.4) is 0 Å². The molecule has 4 aromatic heterocycles. The van der Waals surface area contributed by atoms with Crippen LogP contribution in [0.2, 0.25) is 0 Å². The quantitative estimate of drug-likeness (QED) is 0.125. The lowest BCUT2D eigenvalue weighted by Crippen LogP contribution is -2.39. The van der Waals surface area contributed by atoms with Crippen molar-refractivity contribution in [2.75, 3.05) is 39.6 Å². The number of hydrogen-bond donors (Lipinski definition) is 2. The molecule has 14 nitrogen and oxygen atoms in total. The lowest BCUT2D eigenvalue weighted by Gasteiger charge is -2.39. The molecule has 0 saturated carbocycles. The van der Waals surface area contributed by atoms with Gasteiger partial charge >= 0.3 is 0 Å². The zero-order valence-electron chi connectivity index (χ0n) is 36.2. The summed E-state index contributed by atoms with van der Waals surface area (Å²) in [7, 11) is 0. The highest BCUT2D eigenvalue weighted by atomic mass is 79.9. The molecule has 6 aromatic rings. The fraction of sp³-hybridized carbons (Fsp3) is 0.280. The van der Waals surface area contributed by atoms with Crippen molar-refractivity contribution in [3.63, 3.8) is 0 Å². The summed E-state index contributed by atoms with van der Waals surface area (Å²) in [5, 5.41) is 0. The van der Waals surface area contributed by atoms with E-state index in [4.69, 9.17) is 44.9 Å². The largest absolute Gasteiger partial charge is 0.465 e. The standard InChI is InChI=1S/C26H21FN4O3.C20H14BrFN4O2.C4H8O/c1-25(14-32-15-25)7-6-16-11-20-23(30-13-16)34-21-5-4-17(18-3-2-9-29-22(18)27)12-19(21)26(20)8-10-33-24(28)31-26;21-12-9-15-18(25-10-12)28-16-4-3-11(13-2-1-6-24-17(13)22)8-14(16)20(15)5-7-27-19(23)26-20;1-2-4-5-3-1/h2-5,9,11-13H,8,10,14-15H2,1H3,(H2,28,31);1-4,6,8-10H,5,7H2,(H2,23,26);1-4H2/t26-;20-;/m00./s1. The molecule has 340 valence electrons. The summed E-state index contributed by atoms with van der Waals surface area (Å²) in [6.07, 6.45) is 9.83. The minimum Gasteiger partial charge on any atom is -0.465 e. The maximum atomic E-state index is 14.5. The molecule has 0 amide bonds. The molecule has 17 heteroatoms.